The molecular weight excluding hydrogens is 236 g/mol. The van der Waals surface area contributed by atoms with Crippen LogP contribution in [0.25, 0.3) is 0 Å². The van der Waals surface area contributed by atoms with Crippen LogP contribution in [0.4, 0.5) is 5.69 Å². The second-order valence-corrected chi connectivity index (χ2v) is 4.91. The zero-order valence-electron chi connectivity index (χ0n) is 8.44. The van der Waals surface area contributed by atoms with Crippen LogP contribution in [0.2, 0.25) is 0 Å². The molecule has 1 heterocycles. The lowest BCUT2D eigenvalue weighted by atomic mass is 10.3. The Balaban J connectivity index is 3.01. The van der Waals surface area contributed by atoms with Crippen molar-refractivity contribution in [3.63, 3.8) is 0 Å². The van der Waals surface area contributed by atoms with Gasteiger partial charge in [0, 0.05) is 23.4 Å². The van der Waals surface area contributed by atoms with Gasteiger partial charge in [-0.1, -0.05) is 18.7 Å². The van der Waals surface area contributed by atoms with E-state index in [0.29, 0.717) is 10.9 Å². The molecule has 1 aromatic heterocycles. The van der Waals surface area contributed by atoms with Crippen LogP contribution >= 0.6 is 23.4 Å². The van der Waals surface area contributed by atoms with Crippen molar-refractivity contribution in [2.45, 2.75) is 24.1 Å². The highest BCUT2D eigenvalue weighted by atomic mass is 35.5. The highest BCUT2D eigenvalue weighted by Gasteiger charge is 2.17. The number of thioether (sulfide) groups is 1. The number of aromatic nitrogens is 1. The van der Waals surface area contributed by atoms with Crippen LogP contribution in [0.3, 0.4) is 0 Å². The molecule has 1 rings (SSSR count). The van der Waals surface area contributed by atoms with E-state index in [-0.39, 0.29) is 10.9 Å². The van der Waals surface area contributed by atoms with Gasteiger partial charge in [-0.05, 0) is 12.5 Å². The summed E-state index contributed by atoms with van der Waals surface area (Å²) in [5.74, 6) is 0.442. The number of hydrogen-bond donors (Lipinski definition) is 0. The molecule has 15 heavy (non-hydrogen) atoms. The van der Waals surface area contributed by atoms with Crippen molar-refractivity contribution in [3.05, 3.63) is 27.9 Å². The molecule has 0 amide bonds. The summed E-state index contributed by atoms with van der Waals surface area (Å²) in [7, 11) is 0. The predicted octanol–water partition coefficient (Wildman–Crippen LogP) is 3.02. The van der Waals surface area contributed by atoms with Crippen molar-refractivity contribution >= 4 is 29.1 Å². The lowest BCUT2D eigenvalue weighted by molar-refractivity contribution is -0.388. The molecule has 82 valence electrons. The molecule has 0 spiro atoms. The van der Waals surface area contributed by atoms with Gasteiger partial charge in [0.05, 0.1) is 4.92 Å². The molecule has 0 bridgehead atoms. The van der Waals surface area contributed by atoms with E-state index in [0.717, 1.165) is 5.56 Å². The van der Waals surface area contributed by atoms with Crippen LogP contribution in [-0.2, 0) is 0 Å². The fourth-order valence-corrected chi connectivity index (χ4v) is 1.99. The third kappa shape index (κ3) is 3.35. The predicted molar refractivity (Wildman–Crippen MR) is 61.7 cm³/mol. The Kier molecular flexibility index (Phi) is 4.35. The number of alkyl halides is 1. The molecule has 0 radical (unpaired) electrons. The molecule has 1 unspecified atom stereocenters. The van der Waals surface area contributed by atoms with E-state index >= 15 is 0 Å². The first-order valence-corrected chi connectivity index (χ1v) is 5.79. The molecule has 0 saturated carbocycles. The van der Waals surface area contributed by atoms with Gasteiger partial charge < -0.3 is 0 Å². The summed E-state index contributed by atoms with van der Waals surface area (Å²) in [6.07, 6.45) is 1.62. The number of aryl methyl sites for hydroxylation is 1. The molecule has 1 atom stereocenters. The third-order valence-electron chi connectivity index (χ3n) is 1.70. The standard InChI is InChI=1S/C9H11ClN2O2S/c1-6-3-8(12(13)14)9(11-5-6)15-7(2)4-10/h3,5,7H,4H2,1-2H3. The zero-order valence-corrected chi connectivity index (χ0v) is 10.0. The highest BCUT2D eigenvalue weighted by Crippen LogP contribution is 2.30. The van der Waals surface area contributed by atoms with Crippen LogP contribution in [0, 0.1) is 17.0 Å². The number of hydrogen-bond acceptors (Lipinski definition) is 4. The average Bonchev–Trinajstić information content (AvgIpc) is 2.20. The summed E-state index contributed by atoms with van der Waals surface area (Å²) >= 11 is 6.97. The van der Waals surface area contributed by atoms with Crippen molar-refractivity contribution in [1.82, 2.24) is 4.98 Å². The molecular formula is C9H11ClN2O2S. The summed E-state index contributed by atoms with van der Waals surface area (Å²) in [6.45, 7) is 3.68. The van der Waals surface area contributed by atoms with E-state index in [1.165, 1.54) is 17.8 Å². The van der Waals surface area contributed by atoms with Crippen LogP contribution in [-0.4, -0.2) is 21.0 Å². The monoisotopic (exact) mass is 246 g/mol. The lowest BCUT2D eigenvalue weighted by Gasteiger charge is -2.06. The first-order chi connectivity index (χ1) is 7.04. The Labute approximate surface area is 97.2 Å². The quantitative estimate of drug-likeness (QED) is 0.355. The summed E-state index contributed by atoms with van der Waals surface area (Å²) in [6, 6.07) is 1.52. The van der Waals surface area contributed by atoms with Crippen molar-refractivity contribution in [1.29, 1.82) is 0 Å². The molecule has 4 nitrogen and oxygen atoms in total. The topological polar surface area (TPSA) is 56.0 Å². The van der Waals surface area contributed by atoms with Gasteiger partial charge in [-0.15, -0.1) is 11.6 Å². The van der Waals surface area contributed by atoms with Gasteiger partial charge in [0.1, 0.15) is 0 Å². The van der Waals surface area contributed by atoms with Crippen LogP contribution in [0.15, 0.2) is 17.3 Å². The second-order valence-electron chi connectivity index (χ2n) is 3.18. The van der Waals surface area contributed by atoms with E-state index in [1.54, 1.807) is 13.1 Å². The van der Waals surface area contributed by atoms with Crippen LogP contribution < -0.4 is 0 Å². The largest absolute Gasteiger partial charge is 0.301 e. The molecule has 0 N–H and O–H groups in total. The minimum Gasteiger partial charge on any atom is -0.258 e. The van der Waals surface area contributed by atoms with Crippen molar-refractivity contribution in [3.8, 4) is 0 Å². The Morgan fingerprint density at radius 1 is 1.73 bits per heavy atom. The van der Waals surface area contributed by atoms with Crippen molar-refractivity contribution in [2.75, 3.05) is 5.88 Å². The molecule has 0 aliphatic rings. The highest BCUT2D eigenvalue weighted by molar-refractivity contribution is 8.00. The summed E-state index contributed by atoms with van der Waals surface area (Å²) in [5.41, 5.74) is 0.835. The van der Waals surface area contributed by atoms with Gasteiger partial charge >= 0.3 is 5.69 Å². The maximum absolute atomic E-state index is 10.8. The van der Waals surface area contributed by atoms with E-state index in [4.69, 9.17) is 11.6 Å². The number of rotatable bonds is 4. The Bertz CT molecular complexity index is 373. The average molecular weight is 247 g/mol. The molecule has 1 aromatic rings. The smallest absolute Gasteiger partial charge is 0.258 e. The van der Waals surface area contributed by atoms with Crippen molar-refractivity contribution in [2.24, 2.45) is 0 Å². The maximum Gasteiger partial charge on any atom is 0.301 e. The number of pyridine rings is 1. The molecule has 6 heteroatoms. The minimum absolute atomic E-state index is 0.0527. The number of nitrogens with zero attached hydrogens (tertiary/aromatic N) is 2. The van der Waals surface area contributed by atoms with Gasteiger partial charge in [-0.25, -0.2) is 4.98 Å². The van der Waals surface area contributed by atoms with Gasteiger partial charge in [0.25, 0.3) is 0 Å². The summed E-state index contributed by atoms with van der Waals surface area (Å²) in [4.78, 5) is 14.4. The van der Waals surface area contributed by atoms with Gasteiger partial charge in [0.2, 0.25) is 0 Å². The molecule has 0 fully saturated rings. The van der Waals surface area contributed by atoms with E-state index in [1.807, 2.05) is 6.92 Å². The number of halogens is 1. The fraction of sp³-hybridized carbons (Fsp3) is 0.444. The summed E-state index contributed by atoms with van der Waals surface area (Å²) < 4.78 is 0. The molecule has 0 saturated heterocycles. The zero-order chi connectivity index (χ0) is 11.4. The fourth-order valence-electron chi connectivity index (χ4n) is 0.985. The van der Waals surface area contributed by atoms with Crippen molar-refractivity contribution < 1.29 is 4.92 Å². The first-order valence-electron chi connectivity index (χ1n) is 4.38. The Morgan fingerprint density at radius 2 is 2.40 bits per heavy atom. The maximum atomic E-state index is 10.8. The second kappa shape index (κ2) is 5.32. The van der Waals surface area contributed by atoms with Gasteiger partial charge in [-0.2, -0.15) is 0 Å². The normalized spacial score (nSPS) is 12.5. The SMILES string of the molecule is Cc1cnc(SC(C)CCl)c([N+](=O)[O-])c1. The summed E-state index contributed by atoms with van der Waals surface area (Å²) in [5, 5.41) is 11.3. The van der Waals surface area contributed by atoms with Crippen LogP contribution in [0.1, 0.15) is 12.5 Å². The van der Waals surface area contributed by atoms with Gasteiger partial charge in [-0.3, -0.25) is 10.1 Å². The van der Waals surface area contributed by atoms with E-state index < -0.39 is 4.92 Å². The van der Waals surface area contributed by atoms with E-state index in [2.05, 4.69) is 4.98 Å². The lowest BCUT2D eigenvalue weighted by Crippen LogP contribution is -2.01. The molecule has 0 aliphatic carbocycles. The third-order valence-corrected chi connectivity index (χ3v) is 3.45. The minimum atomic E-state index is -0.413. The van der Waals surface area contributed by atoms with Gasteiger partial charge in [0.15, 0.2) is 5.03 Å². The first kappa shape index (κ1) is 12.3. The Morgan fingerprint density at radius 3 is 2.93 bits per heavy atom. The van der Waals surface area contributed by atoms with E-state index in [9.17, 15) is 10.1 Å². The Hall–Kier alpha value is -0.810. The number of nitro groups is 1. The molecule has 0 aromatic carbocycles. The molecule has 0 aliphatic heterocycles. The van der Waals surface area contributed by atoms with Crippen LogP contribution in [0.5, 0.6) is 0 Å².